The number of hydrogen-bond acceptors (Lipinski definition) is 2. The Labute approximate surface area is 49.7 Å². The molecule has 0 bridgehead atoms. The molecular formula is C5H10O2P. The lowest BCUT2D eigenvalue weighted by Gasteiger charge is -1.98. The van der Waals surface area contributed by atoms with Crippen LogP contribution in [0, 0.1) is 0 Å². The van der Waals surface area contributed by atoms with Crippen LogP contribution in [0.15, 0.2) is 0 Å². The maximum Gasteiger partial charge on any atom is 0.0773 e. The van der Waals surface area contributed by atoms with Crippen LogP contribution in [0.4, 0.5) is 0 Å². The van der Waals surface area contributed by atoms with Crippen LogP contribution in [0.3, 0.4) is 0 Å². The molecule has 1 radical (unpaired) electrons. The van der Waals surface area contributed by atoms with E-state index in [1.807, 2.05) is 0 Å². The van der Waals surface area contributed by atoms with E-state index in [9.17, 15) is 4.57 Å². The van der Waals surface area contributed by atoms with Crippen molar-refractivity contribution in [3.8, 4) is 0 Å². The molecule has 1 heterocycles. The summed E-state index contributed by atoms with van der Waals surface area (Å²) in [7, 11) is -1.03. The zero-order valence-electron chi connectivity index (χ0n) is 4.71. The van der Waals surface area contributed by atoms with Crippen molar-refractivity contribution in [2.75, 3.05) is 12.8 Å². The molecular weight excluding hydrogens is 123 g/mol. The van der Waals surface area contributed by atoms with Gasteiger partial charge in [0.05, 0.1) is 20.1 Å². The number of aliphatic hydroxyl groups excluding tert-OH is 1. The van der Waals surface area contributed by atoms with Gasteiger partial charge in [0, 0.05) is 6.16 Å². The summed E-state index contributed by atoms with van der Waals surface area (Å²) in [6.07, 6.45) is 2.84. The first-order chi connectivity index (χ1) is 3.84. The lowest BCUT2D eigenvalue weighted by atomic mass is 10.3. The van der Waals surface area contributed by atoms with Gasteiger partial charge >= 0.3 is 0 Å². The maximum absolute atomic E-state index is 10.8. The fourth-order valence-corrected chi connectivity index (χ4v) is 2.50. The fraction of sp³-hybridized carbons (Fsp3) is 1.00. The SMILES string of the molecule is O=[P]1CCCC1CO. The molecule has 1 N–H and O–H groups in total. The third-order valence-electron chi connectivity index (χ3n) is 1.53. The van der Waals surface area contributed by atoms with Crippen LogP contribution in [-0.2, 0) is 4.57 Å². The van der Waals surface area contributed by atoms with Gasteiger partial charge in [0.2, 0.25) is 0 Å². The summed E-state index contributed by atoms with van der Waals surface area (Å²) >= 11 is 0. The van der Waals surface area contributed by atoms with Crippen molar-refractivity contribution in [2.45, 2.75) is 18.5 Å². The van der Waals surface area contributed by atoms with E-state index in [2.05, 4.69) is 0 Å². The first kappa shape index (κ1) is 6.18. The summed E-state index contributed by atoms with van der Waals surface area (Å²) in [4.78, 5) is 0. The van der Waals surface area contributed by atoms with E-state index in [-0.39, 0.29) is 12.3 Å². The zero-order valence-corrected chi connectivity index (χ0v) is 5.60. The topological polar surface area (TPSA) is 37.3 Å². The molecule has 1 aliphatic rings. The predicted octanol–water partition coefficient (Wildman–Crippen LogP) is 0.968. The highest BCUT2D eigenvalue weighted by Crippen LogP contribution is 2.38. The first-order valence-corrected chi connectivity index (χ1v) is 4.40. The molecule has 1 saturated heterocycles. The van der Waals surface area contributed by atoms with Crippen molar-refractivity contribution in [2.24, 2.45) is 0 Å². The zero-order chi connectivity index (χ0) is 5.98. The van der Waals surface area contributed by atoms with Gasteiger partial charge in [0.15, 0.2) is 0 Å². The second-order valence-corrected chi connectivity index (χ2v) is 4.13. The average molecular weight is 133 g/mol. The van der Waals surface area contributed by atoms with Crippen molar-refractivity contribution in [3.63, 3.8) is 0 Å². The summed E-state index contributed by atoms with van der Waals surface area (Å²) in [6, 6.07) is 0. The second kappa shape index (κ2) is 2.56. The Hall–Kier alpha value is 0.0600. The van der Waals surface area contributed by atoms with Gasteiger partial charge in [-0.1, -0.05) is 0 Å². The van der Waals surface area contributed by atoms with Crippen molar-refractivity contribution < 1.29 is 9.67 Å². The molecule has 2 nitrogen and oxygen atoms in total. The van der Waals surface area contributed by atoms with E-state index in [0.29, 0.717) is 0 Å². The summed E-state index contributed by atoms with van der Waals surface area (Å²) in [5, 5.41) is 8.55. The Bertz CT molecular complexity index is 103. The van der Waals surface area contributed by atoms with E-state index in [1.165, 1.54) is 0 Å². The quantitative estimate of drug-likeness (QED) is 0.541. The predicted molar refractivity (Wildman–Crippen MR) is 32.6 cm³/mol. The lowest BCUT2D eigenvalue weighted by molar-refractivity contribution is 0.290. The van der Waals surface area contributed by atoms with Crippen LogP contribution in [0.25, 0.3) is 0 Å². The fourth-order valence-electron chi connectivity index (χ4n) is 0.992. The second-order valence-electron chi connectivity index (χ2n) is 2.12. The summed E-state index contributed by atoms with van der Waals surface area (Å²) in [5.41, 5.74) is 0.130. The van der Waals surface area contributed by atoms with Crippen LogP contribution >= 0.6 is 7.80 Å². The molecule has 0 spiro atoms. The monoisotopic (exact) mass is 133 g/mol. The minimum Gasteiger partial charge on any atom is -0.395 e. The van der Waals surface area contributed by atoms with E-state index >= 15 is 0 Å². The minimum atomic E-state index is -1.03. The standard InChI is InChI=1S/C5H10O2P/c6-4-5-2-1-3-8(5)7/h5-6H,1-4H2. The lowest BCUT2D eigenvalue weighted by Crippen LogP contribution is -2.01. The summed E-state index contributed by atoms with van der Waals surface area (Å²) < 4.78 is 10.8. The van der Waals surface area contributed by atoms with Crippen molar-refractivity contribution >= 4 is 7.80 Å². The summed E-state index contributed by atoms with van der Waals surface area (Å²) in [6.45, 7) is 0.120. The molecule has 2 unspecified atom stereocenters. The molecule has 3 heteroatoms. The Morgan fingerprint density at radius 3 is 2.75 bits per heavy atom. The number of rotatable bonds is 1. The van der Waals surface area contributed by atoms with Gasteiger partial charge in [-0.25, -0.2) is 0 Å². The molecule has 47 valence electrons. The van der Waals surface area contributed by atoms with Gasteiger partial charge in [-0.2, -0.15) is 0 Å². The largest absolute Gasteiger partial charge is 0.395 e. The average Bonchev–Trinajstić information content (AvgIpc) is 2.14. The Morgan fingerprint density at radius 2 is 2.50 bits per heavy atom. The molecule has 1 fully saturated rings. The van der Waals surface area contributed by atoms with Gasteiger partial charge < -0.3 is 5.11 Å². The highest BCUT2D eigenvalue weighted by molar-refractivity contribution is 7.45. The van der Waals surface area contributed by atoms with Gasteiger partial charge in [-0.15, -0.1) is 0 Å². The Balaban J connectivity index is 2.42. The molecule has 2 atom stereocenters. The third-order valence-corrected chi connectivity index (χ3v) is 3.53. The van der Waals surface area contributed by atoms with Crippen molar-refractivity contribution in [1.29, 1.82) is 0 Å². The minimum absolute atomic E-state index is 0.120. The molecule has 1 rings (SSSR count). The number of aliphatic hydroxyl groups is 1. The van der Waals surface area contributed by atoms with Gasteiger partial charge in [-0.05, 0) is 12.8 Å². The van der Waals surface area contributed by atoms with Gasteiger partial charge in [0.1, 0.15) is 0 Å². The molecule has 0 aromatic heterocycles. The van der Waals surface area contributed by atoms with E-state index in [4.69, 9.17) is 5.11 Å². The van der Waals surface area contributed by atoms with Gasteiger partial charge in [-0.3, -0.25) is 4.57 Å². The normalized spacial score (nSPS) is 33.6. The van der Waals surface area contributed by atoms with Crippen LogP contribution in [0.1, 0.15) is 12.8 Å². The highest BCUT2D eigenvalue weighted by atomic mass is 31.1. The third kappa shape index (κ3) is 1.07. The highest BCUT2D eigenvalue weighted by Gasteiger charge is 2.21. The van der Waals surface area contributed by atoms with Crippen LogP contribution < -0.4 is 0 Å². The van der Waals surface area contributed by atoms with Crippen molar-refractivity contribution in [1.82, 2.24) is 0 Å². The van der Waals surface area contributed by atoms with E-state index in [1.54, 1.807) is 0 Å². The van der Waals surface area contributed by atoms with Gasteiger partial charge in [0.25, 0.3) is 0 Å². The molecule has 1 aliphatic heterocycles. The molecule has 0 saturated carbocycles. The Kier molecular flexibility index (Phi) is 1.98. The number of hydrogen-bond donors (Lipinski definition) is 1. The molecule has 0 amide bonds. The van der Waals surface area contributed by atoms with E-state index < -0.39 is 7.80 Å². The van der Waals surface area contributed by atoms with Crippen LogP contribution in [-0.4, -0.2) is 23.5 Å². The molecule has 0 aliphatic carbocycles. The smallest absolute Gasteiger partial charge is 0.0773 e. The van der Waals surface area contributed by atoms with Crippen molar-refractivity contribution in [3.05, 3.63) is 0 Å². The van der Waals surface area contributed by atoms with E-state index in [0.717, 1.165) is 19.0 Å². The maximum atomic E-state index is 10.8. The molecule has 8 heavy (non-hydrogen) atoms. The Morgan fingerprint density at radius 1 is 1.75 bits per heavy atom. The molecule has 0 aromatic carbocycles. The summed E-state index contributed by atoms with van der Waals surface area (Å²) in [5.74, 6) is 0. The first-order valence-electron chi connectivity index (χ1n) is 2.89. The van der Waals surface area contributed by atoms with Crippen LogP contribution in [0.2, 0.25) is 0 Å². The molecule has 0 aromatic rings. The van der Waals surface area contributed by atoms with Crippen LogP contribution in [0.5, 0.6) is 0 Å².